The van der Waals surface area contributed by atoms with Crippen LogP contribution in [0.5, 0.6) is 5.75 Å². The van der Waals surface area contributed by atoms with Crippen molar-refractivity contribution < 1.29 is 4.74 Å². The summed E-state index contributed by atoms with van der Waals surface area (Å²) >= 11 is 0. The molecule has 2 aromatic heterocycles. The molecule has 0 amide bonds. The van der Waals surface area contributed by atoms with Crippen LogP contribution in [0.15, 0.2) is 42.4 Å². The fourth-order valence-corrected chi connectivity index (χ4v) is 3.00. The molecule has 4 heteroatoms. The van der Waals surface area contributed by atoms with Crippen molar-refractivity contribution in [3.63, 3.8) is 0 Å². The summed E-state index contributed by atoms with van der Waals surface area (Å²) in [5.74, 6) is 0.831. The van der Waals surface area contributed by atoms with Crippen molar-refractivity contribution in [1.29, 1.82) is 0 Å². The first-order chi connectivity index (χ1) is 10.8. The Balaban J connectivity index is 1.84. The first-order valence-electron chi connectivity index (χ1n) is 8.03. The largest absolute Gasteiger partial charge is 0.488 e. The summed E-state index contributed by atoms with van der Waals surface area (Å²) < 4.78 is 8.04. The molecule has 116 valence electrons. The zero-order chi connectivity index (χ0) is 15.4. The number of allylic oxidation sites excluding steroid dienone is 1. The van der Waals surface area contributed by atoms with Gasteiger partial charge in [0.1, 0.15) is 12.4 Å². The average molecular weight is 297 g/mol. The van der Waals surface area contributed by atoms with E-state index < -0.39 is 0 Å². The van der Waals surface area contributed by atoms with Crippen molar-refractivity contribution in [2.75, 3.05) is 6.61 Å². The van der Waals surface area contributed by atoms with Crippen LogP contribution in [0.1, 0.15) is 51.3 Å². The molecular weight excluding hydrogens is 274 g/mol. The molecule has 0 bridgehead atoms. The lowest BCUT2D eigenvalue weighted by molar-refractivity contribution is 0.343. The Hall–Kier alpha value is -2.10. The minimum atomic E-state index is 0.375. The number of hydrogen-bond donors (Lipinski definition) is 0. The molecule has 0 unspecified atom stereocenters. The zero-order valence-corrected chi connectivity index (χ0v) is 13.3. The standard InChI is InChI=1S/C18H23N3O/c1-14(2)21-18(9-11-20-21)17-8-4-3-6-15(17)13-22-16-7-5-10-19-12-16/h5,7,9-12,14H,3-4,6,8,13H2,1-2H3. The first kappa shape index (κ1) is 14.8. The van der Waals surface area contributed by atoms with Gasteiger partial charge in [-0.3, -0.25) is 9.67 Å². The predicted molar refractivity (Wildman–Crippen MR) is 87.7 cm³/mol. The van der Waals surface area contributed by atoms with Crippen LogP contribution in [-0.4, -0.2) is 21.4 Å². The van der Waals surface area contributed by atoms with Crippen LogP contribution < -0.4 is 4.74 Å². The fraction of sp³-hybridized carbons (Fsp3) is 0.444. The molecule has 0 aliphatic heterocycles. The Labute approximate surface area is 131 Å². The molecule has 0 aromatic carbocycles. The summed E-state index contributed by atoms with van der Waals surface area (Å²) in [5, 5.41) is 4.48. The van der Waals surface area contributed by atoms with Crippen molar-refractivity contribution in [2.45, 2.75) is 45.6 Å². The predicted octanol–water partition coefficient (Wildman–Crippen LogP) is 4.27. The van der Waals surface area contributed by atoms with Crippen LogP contribution in [-0.2, 0) is 0 Å². The minimum absolute atomic E-state index is 0.375. The second-order valence-electron chi connectivity index (χ2n) is 6.02. The molecule has 4 nitrogen and oxygen atoms in total. The van der Waals surface area contributed by atoms with E-state index in [0.29, 0.717) is 12.6 Å². The van der Waals surface area contributed by atoms with E-state index in [4.69, 9.17) is 4.74 Å². The molecule has 0 saturated heterocycles. The topological polar surface area (TPSA) is 39.9 Å². The fourth-order valence-electron chi connectivity index (χ4n) is 3.00. The molecule has 2 aromatic rings. The van der Waals surface area contributed by atoms with E-state index in [1.54, 1.807) is 12.4 Å². The second-order valence-corrected chi connectivity index (χ2v) is 6.02. The maximum Gasteiger partial charge on any atom is 0.138 e. The smallest absolute Gasteiger partial charge is 0.138 e. The van der Waals surface area contributed by atoms with Crippen molar-refractivity contribution >= 4 is 5.57 Å². The van der Waals surface area contributed by atoms with Gasteiger partial charge in [-0.15, -0.1) is 0 Å². The van der Waals surface area contributed by atoms with E-state index in [9.17, 15) is 0 Å². The van der Waals surface area contributed by atoms with Crippen LogP contribution in [0.3, 0.4) is 0 Å². The van der Waals surface area contributed by atoms with Gasteiger partial charge in [0.2, 0.25) is 0 Å². The molecule has 3 rings (SSSR count). The van der Waals surface area contributed by atoms with Crippen LogP contribution in [0.4, 0.5) is 0 Å². The molecule has 0 fully saturated rings. The normalized spacial score (nSPS) is 15.4. The number of hydrogen-bond acceptors (Lipinski definition) is 3. The third kappa shape index (κ3) is 3.21. The van der Waals surface area contributed by atoms with E-state index in [1.807, 2.05) is 18.3 Å². The van der Waals surface area contributed by atoms with Gasteiger partial charge in [0.15, 0.2) is 0 Å². The molecular formula is C18H23N3O. The van der Waals surface area contributed by atoms with Gasteiger partial charge in [0, 0.05) is 18.4 Å². The molecule has 0 spiro atoms. The Bertz CT molecular complexity index is 643. The van der Waals surface area contributed by atoms with Gasteiger partial charge in [0.25, 0.3) is 0 Å². The van der Waals surface area contributed by atoms with Crippen molar-refractivity contribution in [3.8, 4) is 5.75 Å². The average Bonchev–Trinajstić information content (AvgIpc) is 3.04. The molecule has 1 aliphatic rings. The van der Waals surface area contributed by atoms with E-state index in [-0.39, 0.29) is 0 Å². The van der Waals surface area contributed by atoms with Gasteiger partial charge >= 0.3 is 0 Å². The Morgan fingerprint density at radius 1 is 1.18 bits per heavy atom. The monoisotopic (exact) mass is 297 g/mol. The molecule has 0 saturated carbocycles. The summed E-state index contributed by atoms with van der Waals surface area (Å²) in [6.45, 7) is 4.99. The van der Waals surface area contributed by atoms with Crippen molar-refractivity contribution in [2.24, 2.45) is 0 Å². The molecule has 0 atom stereocenters. The Morgan fingerprint density at radius 3 is 2.82 bits per heavy atom. The quantitative estimate of drug-likeness (QED) is 0.827. The van der Waals surface area contributed by atoms with Crippen molar-refractivity contribution in [3.05, 3.63) is 48.1 Å². The Morgan fingerprint density at radius 2 is 2.05 bits per heavy atom. The minimum Gasteiger partial charge on any atom is -0.488 e. The second kappa shape index (κ2) is 6.77. The van der Waals surface area contributed by atoms with Crippen LogP contribution in [0, 0.1) is 0 Å². The number of pyridine rings is 1. The summed E-state index contributed by atoms with van der Waals surface area (Å²) in [6, 6.07) is 6.36. The summed E-state index contributed by atoms with van der Waals surface area (Å²) in [7, 11) is 0. The van der Waals surface area contributed by atoms with Crippen molar-refractivity contribution in [1.82, 2.24) is 14.8 Å². The van der Waals surface area contributed by atoms with Gasteiger partial charge in [-0.2, -0.15) is 5.10 Å². The maximum absolute atomic E-state index is 5.92. The van der Waals surface area contributed by atoms with Crippen LogP contribution in [0.25, 0.3) is 5.57 Å². The SMILES string of the molecule is CC(C)n1nccc1C1=C(COc2cccnc2)CCCC1. The highest BCUT2D eigenvalue weighted by atomic mass is 16.5. The zero-order valence-electron chi connectivity index (χ0n) is 13.3. The lowest BCUT2D eigenvalue weighted by Gasteiger charge is -2.22. The third-order valence-corrected chi connectivity index (χ3v) is 4.10. The lowest BCUT2D eigenvalue weighted by Crippen LogP contribution is -2.13. The summed E-state index contributed by atoms with van der Waals surface area (Å²) in [4.78, 5) is 4.10. The number of nitrogens with zero attached hydrogens (tertiary/aromatic N) is 3. The highest BCUT2D eigenvalue weighted by Crippen LogP contribution is 2.33. The highest BCUT2D eigenvalue weighted by molar-refractivity contribution is 5.67. The lowest BCUT2D eigenvalue weighted by atomic mass is 9.90. The molecule has 0 radical (unpaired) electrons. The molecule has 1 aliphatic carbocycles. The maximum atomic E-state index is 5.92. The number of rotatable bonds is 5. The van der Waals surface area contributed by atoms with E-state index in [0.717, 1.165) is 18.6 Å². The number of aromatic nitrogens is 3. The van der Waals surface area contributed by atoms with Gasteiger partial charge in [-0.25, -0.2) is 0 Å². The van der Waals surface area contributed by atoms with Gasteiger partial charge in [-0.1, -0.05) is 0 Å². The van der Waals surface area contributed by atoms with E-state index in [1.165, 1.54) is 29.7 Å². The molecule has 2 heterocycles. The Kier molecular flexibility index (Phi) is 4.56. The van der Waals surface area contributed by atoms with Crippen LogP contribution in [0.2, 0.25) is 0 Å². The molecule has 0 N–H and O–H groups in total. The van der Waals surface area contributed by atoms with Crippen LogP contribution >= 0.6 is 0 Å². The summed E-state index contributed by atoms with van der Waals surface area (Å²) in [5.41, 5.74) is 4.07. The highest BCUT2D eigenvalue weighted by Gasteiger charge is 2.19. The van der Waals surface area contributed by atoms with Gasteiger partial charge in [0.05, 0.1) is 11.9 Å². The van der Waals surface area contributed by atoms with E-state index >= 15 is 0 Å². The summed E-state index contributed by atoms with van der Waals surface area (Å²) in [6.07, 6.45) is 10.1. The third-order valence-electron chi connectivity index (χ3n) is 4.10. The van der Waals surface area contributed by atoms with Gasteiger partial charge < -0.3 is 4.74 Å². The van der Waals surface area contributed by atoms with Gasteiger partial charge in [-0.05, 0) is 68.9 Å². The molecule has 22 heavy (non-hydrogen) atoms. The number of ether oxygens (including phenoxy) is 1. The first-order valence-corrected chi connectivity index (χ1v) is 8.03. The van der Waals surface area contributed by atoms with E-state index in [2.05, 4.69) is 34.7 Å².